The van der Waals surface area contributed by atoms with Gasteiger partial charge in [0.1, 0.15) is 5.16 Å². The molecule has 0 bridgehead atoms. The Hall–Kier alpha value is -3.06. The lowest BCUT2D eigenvalue weighted by atomic mass is 10.1. The molecule has 0 saturated heterocycles. The smallest absolute Gasteiger partial charge is 0.303 e. The highest BCUT2D eigenvalue weighted by atomic mass is 32.2. The molecule has 0 heterocycles. The minimum atomic E-state index is -3.99. The van der Waals surface area contributed by atoms with Crippen molar-refractivity contribution in [2.24, 2.45) is 5.92 Å². The van der Waals surface area contributed by atoms with E-state index in [1.807, 2.05) is 97.9 Å². The van der Waals surface area contributed by atoms with Gasteiger partial charge in [0, 0.05) is 5.92 Å². The van der Waals surface area contributed by atoms with E-state index in [2.05, 4.69) is 0 Å². The molecule has 4 aromatic rings. The Labute approximate surface area is 230 Å². The van der Waals surface area contributed by atoms with Crippen LogP contribution in [0.5, 0.6) is 0 Å². The van der Waals surface area contributed by atoms with E-state index in [1.165, 1.54) is 12.1 Å². The summed E-state index contributed by atoms with van der Waals surface area (Å²) in [5.74, 6) is -0.391. The standard InChI is InChI=1S/C31H31O6PS/c1-25-17-19-30(20-18-25)39(33,34)37-24-29-21-31(29,28-15-9-4-10-16-28)38(32,35-22-26-11-5-2-6-12-26)36-23-27-13-7-3-8-14-27/h2-20,29H,21-24H2,1H3/t29-,31+/m0/s1. The van der Waals surface area contributed by atoms with Crippen molar-refractivity contribution in [1.82, 2.24) is 0 Å². The third-order valence-electron chi connectivity index (χ3n) is 7.06. The fourth-order valence-electron chi connectivity index (χ4n) is 4.77. The van der Waals surface area contributed by atoms with Crippen LogP contribution in [0.15, 0.2) is 120 Å². The van der Waals surface area contributed by atoms with Gasteiger partial charge in [-0.05, 0) is 42.2 Å². The maximum atomic E-state index is 14.8. The average molecular weight is 563 g/mol. The molecule has 1 fully saturated rings. The van der Waals surface area contributed by atoms with E-state index in [4.69, 9.17) is 13.2 Å². The largest absolute Gasteiger partial charge is 0.342 e. The van der Waals surface area contributed by atoms with Gasteiger partial charge < -0.3 is 9.05 Å². The van der Waals surface area contributed by atoms with Gasteiger partial charge in [0.15, 0.2) is 0 Å². The molecule has 1 saturated carbocycles. The number of benzene rings is 4. The zero-order valence-corrected chi connectivity index (χ0v) is 23.4. The Morgan fingerprint density at radius 1 is 0.744 bits per heavy atom. The molecule has 0 radical (unpaired) electrons. The molecule has 8 heteroatoms. The van der Waals surface area contributed by atoms with Crippen LogP contribution >= 0.6 is 7.60 Å². The van der Waals surface area contributed by atoms with Crippen LogP contribution in [0, 0.1) is 12.8 Å². The number of aryl methyl sites for hydroxylation is 1. The van der Waals surface area contributed by atoms with Gasteiger partial charge in [0.05, 0.1) is 24.7 Å². The van der Waals surface area contributed by atoms with Crippen LogP contribution < -0.4 is 0 Å². The van der Waals surface area contributed by atoms with Crippen LogP contribution in [0.25, 0.3) is 0 Å². The van der Waals surface area contributed by atoms with Gasteiger partial charge in [-0.15, -0.1) is 0 Å². The second-order valence-electron chi connectivity index (χ2n) is 9.76. The molecule has 0 aliphatic heterocycles. The van der Waals surface area contributed by atoms with Crippen LogP contribution in [0.4, 0.5) is 0 Å². The first-order valence-electron chi connectivity index (χ1n) is 12.8. The fourth-order valence-corrected chi connectivity index (χ4v) is 8.32. The summed E-state index contributed by atoms with van der Waals surface area (Å²) in [5.41, 5.74) is 3.45. The molecule has 0 unspecified atom stereocenters. The molecule has 39 heavy (non-hydrogen) atoms. The monoisotopic (exact) mass is 562 g/mol. The molecule has 2 atom stereocenters. The highest BCUT2D eigenvalue weighted by Crippen LogP contribution is 2.79. The van der Waals surface area contributed by atoms with Gasteiger partial charge in [-0.2, -0.15) is 8.42 Å². The molecule has 0 N–H and O–H groups in total. The predicted molar refractivity (Wildman–Crippen MR) is 151 cm³/mol. The summed E-state index contributed by atoms with van der Waals surface area (Å²) in [6.07, 6.45) is 0.404. The van der Waals surface area contributed by atoms with E-state index in [1.54, 1.807) is 12.1 Å². The second-order valence-corrected chi connectivity index (χ2v) is 13.7. The summed E-state index contributed by atoms with van der Waals surface area (Å²) in [4.78, 5) is 0.0860. The molecule has 6 nitrogen and oxygen atoms in total. The lowest BCUT2D eigenvalue weighted by Crippen LogP contribution is -2.19. The van der Waals surface area contributed by atoms with E-state index in [0.29, 0.717) is 6.42 Å². The zero-order valence-electron chi connectivity index (χ0n) is 21.7. The Morgan fingerprint density at radius 3 is 1.74 bits per heavy atom. The van der Waals surface area contributed by atoms with Gasteiger partial charge >= 0.3 is 7.60 Å². The number of hydrogen-bond donors (Lipinski definition) is 0. The quantitative estimate of drug-likeness (QED) is 0.134. The molecular weight excluding hydrogens is 531 g/mol. The topological polar surface area (TPSA) is 78.9 Å². The molecule has 4 aromatic carbocycles. The first kappa shape index (κ1) is 27.5. The normalized spacial score (nSPS) is 19.1. The van der Waals surface area contributed by atoms with Gasteiger partial charge in [-0.1, -0.05) is 109 Å². The summed E-state index contributed by atoms with van der Waals surface area (Å²) in [6, 6.07) is 34.9. The fraction of sp³-hybridized carbons (Fsp3) is 0.226. The maximum absolute atomic E-state index is 14.8. The minimum absolute atomic E-state index is 0.0860. The SMILES string of the molecule is Cc1ccc(S(=O)(=O)OC[C@@H]2C[C@]2(c2ccccc2)P(=O)(OCc2ccccc2)OCc2ccccc2)cc1. The van der Waals surface area contributed by atoms with Crippen LogP contribution in [0.3, 0.4) is 0 Å². The third kappa shape index (κ3) is 6.08. The summed E-state index contributed by atoms with van der Waals surface area (Å²) < 4.78 is 58.7. The third-order valence-corrected chi connectivity index (χ3v) is 11.1. The van der Waals surface area contributed by atoms with Crippen molar-refractivity contribution in [1.29, 1.82) is 0 Å². The highest BCUT2D eigenvalue weighted by molar-refractivity contribution is 7.86. The molecule has 0 aromatic heterocycles. The molecule has 0 spiro atoms. The predicted octanol–water partition coefficient (Wildman–Crippen LogP) is 7.24. The Bertz CT molecular complexity index is 1480. The van der Waals surface area contributed by atoms with E-state index in [9.17, 15) is 13.0 Å². The first-order valence-corrected chi connectivity index (χ1v) is 15.8. The Kier molecular flexibility index (Phi) is 8.17. The molecule has 202 valence electrons. The van der Waals surface area contributed by atoms with Crippen LogP contribution in [-0.2, 0) is 46.3 Å². The van der Waals surface area contributed by atoms with Crippen molar-refractivity contribution in [2.45, 2.75) is 36.6 Å². The van der Waals surface area contributed by atoms with Gasteiger partial charge in [-0.3, -0.25) is 8.75 Å². The van der Waals surface area contributed by atoms with Crippen LogP contribution in [0.2, 0.25) is 0 Å². The van der Waals surface area contributed by atoms with Crippen molar-refractivity contribution in [3.8, 4) is 0 Å². The first-order chi connectivity index (χ1) is 18.8. The van der Waals surface area contributed by atoms with E-state index >= 15 is 0 Å². The summed E-state index contributed by atoms with van der Waals surface area (Å²) >= 11 is 0. The summed E-state index contributed by atoms with van der Waals surface area (Å²) in [6.45, 7) is 1.93. The summed E-state index contributed by atoms with van der Waals surface area (Å²) in [5, 5.41) is -1.04. The van der Waals surface area contributed by atoms with Crippen molar-refractivity contribution in [3.05, 3.63) is 138 Å². The molecule has 0 amide bonds. The van der Waals surface area contributed by atoms with Gasteiger partial charge in [-0.25, -0.2) is 0 Å². The van der Waals surface area contributed by atoms with Crippen LogP contribution in [-0.4, -0.2) is 15.0 Å². The van der Waals surface area contributed by atoms with Gasteiger partial charge in [0.2, 0.25) is 0 Å². The Balaban J connectivity index is 1.44. The van der Waals surface area contributed by atoms with E-state index < -0.39 is 28.8 Å². The average Bonchev–Trinajstić information content (AvgIpc) is 3.72. The molecule has 1 aliphatic carbocycles. The summed E-state index contributed by atoms with van der Waals surface area (Å²) in [7, 11) is -7.85. The van der Waals surface area contributed by atoms with Crippen LogP contribution in [0.1, 0.15) is 28.7 Å². The molecule has 1 aliphatic rings. The second kappa shape index (κ2) is 11.6. The van der Waals surface area contributed by atoms with Crippen molar-refractivity contribution in [2.75, 3.05) is 6.61 Å². The molecule has 5 rings (SSSR count). The van der Waals surface area contributed by atoms with E-state index in [-0.39, 0.29) is 24.7 Å². The number of hydrogen-bond acceptors (Lipinski definition) is 6. The van der Waals surface area contributed by atoms with Crippen molar-refractivity contribution >= 4 is 17.7 Å². The zero-order chi connectivity index (χ0) is 27.3. The Morgan fingerprint density at radius 2 is 1.23 bits per heavy atom. The number of rotatable bonds is 12. The minimum Gasteiger partial charge on any atom is -0.303 e. The lowest BCUT2D eigenvalue weighted by molar-refractivity contribution is 0.176. The molecular formula is C31H31O6PS. The maximum Gasteiger partial charge on any atom is 0.342 e. The van der Waals surface area contributed by atoms with E-state index in [0.717, 1.165) is 22.3 Å². The lowest BCUT2D eigenvalue weighted by Gasteiger charge is -2.29. The highest BCUT2D eigenvalue weighted by Gasteiger charge is 2.69. The van der Waals surface area contributed by atoms with Gasteiger partial charge in [0.25, 0.3) is 10.1 Å². The van der Waals surface area contributed by atoms with Crippen molar-refractivity contribution < 1.29 is 26.2 Å². The van der Waals surface area contributed by atoms with Crippen molar-refractivity contribution in [3.63, 3.8) is 0 Å².